The van der Waals surface area contributed by atoms with Crippen molar-refractivity contribution in [3.63, 3.8) is 0 Å². The van der Waals surface area contributed by atoms with Gasteiger partial charge in [-0.05, 0) is 18.9 Å². The molecule has 12 heavy (non-hydrogen) atoms. The molecule has 0 saturated carbocycles. The molecule has 0 aromatic heterocycles. The Balaban J connectivity index is 3.84. The van der Waals surface area contributed by atoms with Gasteiger partial charge >= 0.3 is 0 Å². The first-order valence-electron chi connectivity index (χ1n) is 3.83. The average molecular weight is 169 g/mol. The summed E-state index contributed by atoms with van der Waals surface area (Å²) in [5.74, 6) is -0.510. The van der Waals surface area contributed by atoms with Gasteiger partial charge in [0.25, 0.3) is 0 Å². The van der Waals surface area contributed by atoms with Crippen LogP contribution >= 0.6 is 0 Å². The van der Waals surface area contributed by atoms with Gasteiger partial charge in [-0.1, -0.05) is 18.7 Å². The van der Waals surface area contributed by atoms with Crippen LogP contribution in [0.5, 0.6) is 0 Å². The summed E-state index contributed by atoms with van der Waals surface area (Å²) in [5, 5.41) is 9.28. The zero-order valence-corrected chi connectivity index (χ0v) is 7.29. The lowest BCUT2D eigenvalue weighted by Gasteiger charge is -2.09. The van der Waals surface area contributed by atoms with E-state index in [2.05, 4.69) is 6.58 Å². The first kappa shape index (κ1) is 10.9. The minimum absolute atomic E-state index is 0.0453. The van der Waals surface area contributed by atoms with Crippen LogP contribution in [0.25, 0.3) is 0 Å². The van der Waals surface area contributed by atoms with E-state index in [1.54, 1.807) is 0 Å². The minimum atomic E-state index is -0.807. The zero-order valence-electron chi connectivity index (χ0n) is 7.29. The normalized spacial score (nSPS) is 13.2. The first-order chi connectivity index (χ1) is 5.57. The molecule has 0 aliphatic rings. The second kappa shape index (κ2) is 5.55. The third kappa shape index (κ3) is 4.68. The van der Waals surface area contributed by atoms with Crippen molar-refractivity contribution in [2.45, 2.75) is 25.9 Å². The summed E-state index contributed by atoms with van der Waals surface area (Å²) in [5.41, 5.74) is 5.52. The van der Waals surface area contributed by atoms with Crippen molar-refractivity contribution in [2.24, 2.45) is 5.73 Å². The van der Waals surface area contributed by atoms with Gasteiger partial charge in [0, 0.05) is 0 Å². The second-order valence-corrected chi connectivity index (χ2v) is 2.62. The lowest BCUT2D eigenvalue weighted by Crippen LogP contribution is -2.20. The summed E-state index contributed by atoms with van der Waals surface area (Å²) in [6, 6.07) is 0. The number of hydrogen-bond donors (Lipinski definition) is 2. The molecule has 0 fully saturated rings. The summed E-state index contributed by atoms with van der Waals surface area (Å²) in [4.78, 5) is 10.4. The molecule has 0 aromatic carbocycles. The highest BCUT2D eigenvalue weighted by molar-refractivity contribution is 5.74. The smallest absolute Gasteiger partial charge is 0.220 e. The van der Waals surface area contributed by atoms with E-state index < -0.39 is 12.0 Å². The van der Waals surface area contributed by atoms with Gasteiger partial charge in [0.1, 0.15) is 0 Å². The Hall–Kier alpha value is -1.09. The fourth-order valence-electron chi connectivity index (χ4n) is 0.740. The van der Waals surface area contributed by atoms with E-state index in [1.807, 2.05) is 19.1 Å². The number of carbonyl (C=O) groups excluding carboxylic acids is 1. The fourth-order valence-corrected chi connectivity index (χ4v) is 0.740. The van der Waals surface area contributed by atoms with E-state index in [9.17, 15) is 9.90 Å². The van der Waals surface area contributed by atoms with Crippen LogP contribution < -0.4 is 5.73 Å². The first-order valence-corrected chi connectivity index (χ1v) is 3.83. The van der Waals surface area contributed by atoms with Gasteiger partial charge in [-0.2, -0.15) is 0 Å². The quantitative estimate of drug-likeness (QED) is 0.596. The maximum Gasteiger partial charge on any atom is 0.220 e. The standard InChI is InChI=1S/C9H15NO2/c1-3-4-5-7(2)8(11)6-9(10)12/h3-4,8,11H,2,5-6H2,1H3,(H2,10,12)/b4-3+/t8-/m0/s1. The van der Waals surface area contributed by atoms with E-state index in [0.29, 0.717) is 12.0 Å². The third-order valence-corrected chi connectivity index (χ3v) is 1.48. The fraction of sp³-hybridized carbons (Fsp3) is 0.444. The van der Waals surface area contributed by atoms with Crippen molar-refractivity contribution in [2.75, 3.05) is 0 Å². The van der Waals surface area contributed by atoms with Gasteiger partial charge in [-0.25, -0.2) is 0 Å². The highest BCUT2D eigenvalue weighted by atomic mass is 16.3. The number of allylic oxidation sites excluding steroid dienone is 2. The van der Waals surface area contributed by atoms with E-state index in [4.69, 9.17) is 5.73 Å². The average Bonchev–Trinajstić information content (AvgIpc) is 1.98. The number of nitrogens with two attached hydrogens (primary N) is 1. The Morgan fingerprint density at radius 1 is 1.75 bits per heavy atom. The number of amides is 1. The molecule has 3 heteroatoms. The summed E-state index contributed by atoms with van der Waals surface area (Å²) in [6.07, 6.45) is 3.47. The van der Waals surface area contributed by atoms with Gasteiger partial charge in [0.05, 0.1) is 12.5 Å². The van der Waals surface area contributed by atoms with E-state index in [0.717, 1.165) is 0 Å². The van der Waals surface area contributed by atoms with E-state index in [1.165, 1.54) is 0 Å². The molecule has 0 aromatic rings. The minimum Gasteiger partial charge on any atom is -0.388 e. The molecular weight excluding hydrogens is 154 g/mol. The molecule has 3 nitrogen and oxygen atoms in total. The number of hydrogen-bond acceptors (Lipinski definition) is 2. The Morgan fingerprint density at radius 2 is 2.33 bits per heavy atom. The van der Waals surface area contributed by atoms with Crippen LogP contribution in [0.1, 0.15) is 19.8 Å². The molecule has 0 rings (SSSR count). The van der Waals surface area contributed by atoms with Crippen molar-refractivity contribution in [3.8, 4) is 0 Å². The molecule has 3 N–H and O–H groups in total. The van der Waals surface area contributed by atoms with Crippen LogP contribution in [0.15, 0.2) is 24.3 Å². The van der Waals surface area contributed by atoms with Gasteiger partial charge in [-0.15, -0.1) is 0 Å². The molecule has 1 atom stereocenters. The van der Waals surface area contributed by atoms with Crippen LogP contribution in [0.4, 0.5) is 0 Å². The van der Waals surface area contributed by atoms with Gasteiger partial charge < -0.3 is 10.8 Å². The summed E-state index contributed by atoms with van der Waals surface area (Å²) < 4.78 is 0. The zero-order chi connectivity index (χ0) is 9.56. The molecule has 68 valence electrons. The SMILES string of the molecule is C=C(C/C=C/C)[C@@H](O)CC(N)=O. The molecule has 0 spiro atoms. The maximum absolute atomic E-state index is 10.4. The van der Waals surface area contributed by atoms with Crippen molar-refractivity contribution in [1.29, 1.82) is 0 Å². The lowest BCUT2D eigenvalue weighted by atomic mass is 10.1. The van der Waals surface area contributed by atoms with Gasteiger partial charge in [-0.3, -0.25) is 4.79 Å². The molecule has 1 amide bonds. The van der Waals surface area contributed by atoms with Crippen LogP contribution in [-0.4, -0.2) is 17.1 Å². The molecule has 0 unspecified atom stereocenters. The summed E-state index contributed by atoms with van der Waals surface area (Å²) in [6.45, 7) is 5.52. The molecule has 0 radical (unpaired) electrons. The Morgan fingerprint density at radius 3 is 2.75 bits per heavy atom. The molecule has 0 aliphatic carbocycles. The van der Waals surface area contributed by atoms with Crippen molar-refractivity contribution in [1.82, 2.24) is 0 Å². The van der Waals surface area contributed by atoms with Gasteiger partial charge in [0.15, 0.2) is 0 Å². The van der Waals surface area contributed by atoms with Crippen LogP contribution in [0.2, 0.25) is 0 Å². The monoisotopic (exact) mass is 169 g/mol. The van der Waals surface area contributed by atoms with Crippen LogP contribution in [-0.2, 0) is 4.79 Å². The van der Waals surface area contributed by atoms with Crippen LogP contribution in [0.3, 0.4) is 0 Å². The Labute approximate surface area is 72.6 Å². The number of aliphatic hydroxyl groups is 1. The molecule has 0 heterocycles. The highest BCUT2D eigenvalue weighted by Crippen LogP contribution is 2.08. The third-order valence-electron chi connectivity index (χ3n) is 1.48. The lowest BCUT2D eigenvalue weighted by molar-refractivity contribution is -0.119. The van der Waals surface area contributed by atoms with E-state index in [-0.39, 0.29) is 6.42 Å². The molecule has 0 aliphatic heterocycles. The summed E-state index contributed by atoms with van der Waals surface area (Å²) in [7, 11) is 0. The molecule has 0 bridgehead atoms. The number of carbonyl (C=O) groups is 1. The molecule has 0 saturated heterocycles. The largest absolute Gasteiger partial charge is 0.388 e. The second-order valence-electron chi connectivity index (χ2n) is 2.62. The van der Waals surface area contributed by atoms with Gasteiger partial charge in [0.2, 0.25) is 5.91 Å². The van der Waals surface area contributed by atoms with Crippen molar-refractivity contribution in [3.05, 3.63) is 24.3 Å². The Bertz CT molecular complexity index is 197. The molecular formula is C9H15NO2. The topological polar surface area (TPSA) is 63.3 Å². The van der Waals surface area contributed by atoms with E-state index >= 15 is 0 Å². The number of primary amides is 1. The highest BCUT2D eigenvalue weighted by Gasteiger charge is 2.09. The van der Waals surface area contributed by atoms with Crippen molar-refractivity contribution >= 4 is 5.91 Å². The van der Waals surface area contributed by atoms with Crippen molar-refractivity contribution < 1.29 is 9.90 Å². The number of rotatable bonds is 5. The summed E-state index contributed by atoms with van der Waals surface area (Å²) >= 11 is 0. The Kier molecular flexibility index (Phi) is 5.04. The predicted molar refractivity (Wildman–Crippen MR) is 48.4 cm³/mol. The van der Waals surface area contributed by atoms with Crippen LogP contribution in [0, 0.1) is 0 Å². The predicted octanol–water partition coefficient (Wildman–Crippen LogP) is 0.745. The number of aliphatic hydroxyl groups excluding tert-OH is 1. The maximum atomic E-state index is 10.4.